The van der Waals surface area contributed by atoms with Crippen LogP contribution in [0.15, 0.2) is 58.1 Å². The molecule has 0 amide bonds. The SMILES string of the molecule is COc1ccc(Cn2nc(C=O)c(=O)n(Cc3ccc(OC)cc3)c2=O)cc1. The molecule has 0 unspecified atom stereocenters. The molecule has 1 aromatic heterocycles. The number of aldehydes is 1. The quantitative estimate of drug-likeness (QED) is 0.574. The minimum absolute atomic E-state index is 0.0215. The van der Waals surface area contributed by atoms with Crippen molar-refractivity contribution in [3.8, 4) is 11.5 Å². The molecule has 0 saturated heterocycles. The van der Waals surface area contributed by atoms with E-state index in [9.17, 15) is 14.4 Å². The third kappa shape index (κ3) is 4.01. The second kappa shape index (κ2) is 8.34. The summed E-state index contributed by atoms with van der Waals surface area (Å²) in [7, 11) is 3.11. The Balaban J connectivity index is 1.99. The second-order valence-electron chi connectivity index (χ2n) is 6.03. The van der Waals surface area contributed by atoms with E-state index >= 15 is 0 Å². The topological polar surface area (TPSA) is 92.4 Å². The van der Waals surface area contributed by atoms with Crippen LogP contribution in [-0.2, 0) is 13.1 Å². The summed E-state index contributed by atoms with van der Waals surface area (Å²) in [6.07, 6.45) is 0.358. The lowest BCUT2D eigenvalue weighted by molar-refractivity contribution is 0.111. The number of ether oxygens (including phenoxy) is 2. The van der Waals surface area contributed by atoms with Gasteiger partial charge in [-0.2, -0.15) is 5.10 Å². The van der Waals surface area contributed by atoms with Crippen LogP contribution < -0.4 is 20.7 Å². The van der Waals surface area contributed by atoms with Crippen molar-refractivity contribution in [1.82, 2.24) is 14.3 Å². The van der Waals surface area contributed by atoms with E-state index in [1.54, 1.807) is 62.8 Å². The summed E-state index contributed by atoms with van der Waals surface area (Å²) < 4.78 is 12.3. The van der Waals surface area contributed by atoms with Gasteiger partial charge in [-0.1, -0.05) is 24.3 Å². The number of nitrogens with zero attached hydrogens (tertiary/aromatic N) is 3. The minimum atomic E-state index is -0.721. The zero-order valence-electron chi connectivity index (χ0n) is 15.5. The van der Waals surface area contributed by atoms with E-state index in [2.05, 4.69) is 5.10 Å². The molecule has 8 nitrogen and oxygen atoms in total. The van der Waals surface area contributed by atoms with Gasteiger partial charge in [0.2, 0.25) is 0 Å². The summed E-state index contributed by atoms with van der Waals surface area (Å²) in [5, 5.41) is 3.91. The van der Waals surface area contributed by atoms with Gasteiger partial charge >= 0.3 is 5.69 Å². The molecule has 0 aliphatic heterocycles. The monoisotopic (exact) mass is 381 g/mol. The Bertz CT molecular complexity index is 1080. The molecule has 144 valence electrons. The maximum Gasteiger partial charge on any atom is 0.348 e. The molecule has 0 fully saturated rings. The molecule has 0 radical (unpaired) electrons. The third-order valence-electron chi connectivity index (χ3n) is 4.25. The van der Waals surface area contributed by atoms with Gasteiger partial charge in [-0.15, -0.1) is 0 Å². The molecular weight excluding hydrogens is 362 g/mol. The van der Waals surface area contributed by atoms with Crippen molar-refractivity contribution >= 4 is 6.29 Å². The molecule has 8 heteroatoms. The average molecular weight is 381 g/mol. The molecule has 1 heterocycles. The molecule has 0 aliphatic carbocycles. The summed E-state index contributed by atoms with van der Waals surface area (Å²) in [5.41, 5.74) is -0.133. The normalized spacial score (nSPS) is 10.5. The van der Waals surface area contributed by atoms with Crippen molar-refractivity contribution in [2.24, 2.45) is 0 Å². The van der Waals surface area contributed by atoms with Gasteiger partial charge in [-0.3, -0.25) is 14.2 Å². The number of benzene rings is 2. The molecule has 28 heavy (non-hydrogen) atoms. The van der Waals surface area contributed by atoms with E-state index in [0.717, 1.165) is 20.4 Å². The van der Waals surface area contributed by atoms with E-state index in [0.29, 0.717) is 17.8 Å². The van der Waals surface area contributed by atoms with E-state index in [1.807, 2.05) is 0 Å². The van der Waals surface area contributed by atoms with Gasteiger partial charge in [0.05, 0.1) is 27.3 Å². The fourth-order valence-corrected chi connectivity index (χ4v) is 2.71. The molecule has 2 aromatic carbocycles. The van der Waals surface area contributed by atoms with E-state index in [1.165, 1.54) is 0 Å². The van der Waals surface area contributed by atoms with Crippen molar-refractivity contribution in [1.29, 1.82) is 0 Å². The summed E-state index contributed by atoms with van der Waals surface area (Å²) >= 11 is 0. The van der Waals surface area contributed by atoms with Gasteiger partial charge in [-0.05, 0) is 35.4 Å². The Morgan fingerprint density at radius 1 is 0.857 bits per heavy atom. The van der Waals surface area contributed by atoms with Crippen LogP contribution in [0.1, 0.15) is 21.6 Å². The van der Waals surface area contributed by atoms with E-state index in [-0.39, 0.29) is 18.8 Å². The Morgan fingerprint density at radius 3 is 1.82 bits per heavy atom. The molecule has 3 aromatic rings. The van der Waals surface area contributed by atoms with Gasteiger partial charge in [0.15, 0.2) is 12.0 Å². The molecule has 0 saturated carbocycles. The number of hydrogen-bond donors (Lipinski definition) is 0. The summed E-state index contributed by atoms with van der Waals surface area (Å²) in [6, 6.07) is 14.1. The summed E-state index contributed by atoms with van der Waals surface area (Å²) in [5.74, 6) is 1.35. The van der Waals surface area contributed by atoms with Crippen molar-refractivity contribution in [3.05, 3.63) is 86.2 Å². The third-order valence-corrected chi connectivity index (χ3v) is 4.25. The Hall–Kier alpha value is -3.68. The largest absolute Gasteiger partial charge is 0.497 e. The van der Waals surface area contributed by atoms with Gasteiger partial charge < -0.3 is 9.47 Å². The first-order valence-corrected chi connectivity index (χ1v) is 8.48. The lowest BCUT2D eigenvalue weighted by Gasteiger charge is -2.11. The first-order chi connectivity index (χ1) is 13.5. The zero-order chi connectivity index (χ0) is 20.1. The Labute approximate surface area is 160 Å². The number of hydrogen-bond acceptors (Lipinski definition) is 6. The molecule has 0 spiro atoms. The fourth-order valence-electron chi connectivity index (χ4n) is 2.71. The van der Waals surface area contributed by atoms with Crippen LogP contribution >= 0.6 is 0 Å². The molecule has 3 rings (SSSR count). The van der Waals surface area contributed by atoms with Crippen LogP contribution in [0, 0.1) is 0 Å². The van der Waals surface area contributed by atoms with Gasteiger partial charge in [0.25, 0.3) is 5.56 Å². The lowest BCUT2D eigenvalue weighted by Crippen LogP contribution is -2.43. The molecule has 0 atom stereocenters. The average Bonchev–Trinajstić information content (AvgIpc) is 2.74. The first-order valence-electron chi connectivity index (χ1n) is 8.48. The summed E-state index contributed by atoms with van der Waals surface area (Å²) in [6.45, 7) is 0.139. The van der Waals surface area contributed by atoms with Crippen molar-refractivity contribution in [3.63, 3.8) is 0 Å². The molecule has 0 N–H and O–H groups in total. The van der Waals surface area contributed by atoms with Crippen LogP contribution in [0.3, 0.4) is 0 Å². The maximum atomic E-state index is 12.8. The predicted octanol–water partition coefficient (Wildman–Crippen LogP) is 1.33. The van der Waals surface area contributed by atoms with E-state index < -0.39 is 11.2 Å². The highest BCUT2D eigenvalue weighted by Crippen LogP contribution is 2.12. The fraction of sp³-hybridized carbons (Fsp3) is 0.200. The number of methoxy groups -OCH3 is 2. The van der Waals surface area contributed by atoms with Crippen LogP contribution in [-0.4, -0.2) is 34.9 Å². The van der Waals surface area contributed by atoms with Crippen LogP contribution in [0.5, 0.6) is 11.5 Å². The predicted molar refractivity (Wildman–Crippen MR) is 102 cm³/mol. The number of rotatable bonds is 7. The highest BCUT2D eigenvalue weighted by Gasteiger charge is 2.14. The van der Waals surface area contributed by atoms with Gasteiger partial charge in [-0.25, -0.2) is 9.48 Å². The second-order valence-corrected chi connectivity index (χ2v) is 6.03. The molecular formula is C20H19N3O5. The van der Waals surface area contributed by atoms with Crippen molar-refractivity contribution in [2.75, 3.05) is 14.2 Å². The Kier molecular flexibility index (Phi) is 5.69. The number of carbonyl (C=O) groups excluding carboxylic acids is 1. The number of carbonyl (C=O) groups is 1. The maximum absolute atomic E-state index is 12.8. The van der Waals surface area contributed by atoms with Crippen LogP contribution in [0.4, 0.5) is 0 Å². The van der Waals surface area contributed by atoms with Gasteiger partial charge in [0, 0.05) is 0 Å². The lowest BCUT2D eigenvalue weighted by atomic mass is 10.2. The zero-order valence-corrected chi connectivity index (χ0v) is 15.5. The minimum Gasteiger partial charge on any atom is -0.497 e. The molecule has 0 bridgehead atoms. The molecule has 0 aliphatic rings. The van der Waals surface area contributed by atoms with Crippen LogP contribution in [0.2, 0.25) is 0 Å². The van der Waals surface area contributed by atoms with Crippen LogP contribution in [0.25, 0.3) is 0 Å². The number of aromatic nitrogens is 3. The highest BCUT2D eigenvalue weighted by molar-refractivity contribution is 5.70. The van der Waals surface area contributed by atoms with Crippen molar-refractivity contribution < 1.29 is 14.3 Å². The van der Waals surface area contributed by atoms with Gasteiger partial charge in [0.1, 0.15) is 11.5 Å². The van der Waals surface area contributed by atoms with Crippen molar-refractivity contribution in [2.45, 2.75) is 13.1 Å². The Morgan fingerprint density at radius 2 is 1.36 bits per heavy atom. The smallest absolute Gasteiger partial charge is 0.348 e. The van der Waals surface area contributed by atoms with E-state index in [4.69, 9.17) is 9.47 Å². The standard InChI is InChI=1S/C20H19N3O5/c1-27-16-7-3-14(4-8-16)11-22-19(25)18(13-24)21-23(20(22)26)12-15-5-9-17(28-2)10-6-15/h3-10,13H,11-12H2,1-2H3. The summed E-state index contributed by atoms with van der Waals surface area (Å²) in [4.78, 5) is 36.6. The first kappa shape index (κ1) is 19.1. The highest BCUT2D eigenvalue weighted by atomic mass is 16.5.